The van der Waals surface area contributed by atoms with Gasteiger partial charge in [-0.25, -0.2) is 14.8 Å². The highest BCUT2D eigenvalue weighted by molar-refractivity contribution is 7.99. The van der Waals surface area contributed by atoms with Gasteiger partial charge in [0, 0.05) is 28.4 Å². The molecule has 0 saturated carbocycles. The Kier molecular flexibility index (Phi) is 7.09. The van der Waals surface area contributed by atoms with Crippen LogP contribution in [0.2, 0.25) is 5.02 Å². The minimum atomic E-state index is -0.580. The Morgan fingerprint density at radius 1 is 1.03 bits per heavy atom. The number of hydrogen-bond donors (Lipinski definition) is 3. The van der Waals surface area contributed by atoms with Gasteiger partial charge < -0.3 is 15.4 Å². The van der Waals surface area contributed by atoms with Crippen molar-refractivity contribution in [1.29, 1.82) is 0 Å². The maximum atomic E-state index is 12.5. The van der Waals surface area contributed by atoms with Gasteiger partial charge in [-0.1, -0.05) is 23.7 Å². The van der Waals surface area contributed by atoms with E-state index in [1.807, 2.05) is 25.1 Å². The van der Waals surface area contributed by atoms with Crippen molar-refractivity contribution in [2.24, 2.45) is 0 Å². The average molecular weight is 495 g/mol. The molecule has 2 heterocycles. The number of anilines is 3. The van der Waals surface area contributed by atoms with Gasteiger partial charge in [-0.05, 0) is 55.1 Å². The number of aromatic nitrogens is 4. The number of halogens is 1. The third-order valence-corrected chi connectivity index (χ3v) is 5.70. The molecule has 0 fully saturated rings. The molecular formula is C23H19ClN6O3S. The molecule has 0 saturated heterocycles. The van der Waals surface area contributed by atoms with Crippen molar-refractivity contribution in [2.45, 2.75) is 17.0 Å². The highest BCUT2D eigenvalue weighted by Crippen LogP contribution is 2.28. The first-order valence-electron chi connectivity index (χ1n) is 10.0. The normalized spacial score (nSPS) is 10.6. The molecule has 1 amide bonds. The number of rotatable bonds is 7. The predicted octanol–water partition coefficient (Wildman–Crippen LogP) is 5.10. The smallest absolute Gasteiger partial charge is 0.356 e. The fraction of sp³-hybridized carbons (Fsp3) is 0.0870. The van der Waals surface area contributed by atoms with Crippen LogP contribution in [0.5, 0.6) is 0 Å². The molecule has 0 atom stereocenters. The van der Waals surface area contributed by atoms with Crippen molar-refractivity contribution in [1.82, 2.24) is 20.2 Å². The quantitative estimate of drug-likeness (QED) is 0.240. The molecule has 0 unspecified atom stereocenters. The number of carbonyl (C=O) groups excluding carboxylic acids is 2. The van der Waals surface area contributed by atoms with Crippen LogP contribution in [-0.2, 0) is 4.74 Å². The molecule has 0 aliphatic rings. The number of hydrogen-bond acceptors (Lipinski definition) is 8. The second-order valence-electron chi connectivity index (χ2n) is 7.03. The number of aromatic amines is 1. The molecule has 0 spiro atoms. The number of carbonyl (C=O) groups is 2. The monoisotopic (exact) mass is 494 g/mol. The van der Waals surface area contributed by atoms with Crippen LogP contribution in [0.1, 0.15) is 26.5 Å². The van der Waals surface area contributed by atoms with Crippen LogP contribution < -0.4 is 10.6 Å². The topological polar surface area (TPSA) is 122 Å². The minimum Gasteiger partial charge on any atom is -0.464 e. The Hall–Kier alpha value is -3.89. The van der Waals surface area contributed by atoms with Gasteiger partial charge in [-0.2, -0.15) is 5.10 Å². The number of esters is 1. The van der Waals surface area contributed by atoms with E-state index in [1.54, 1.807) is 36.4 Å². The van der Waals surface area contributed by atoms with E-state index >= 15 is 0 Å². The van der Waals surface area contributed by atoms with Gasteiger partial charge in [-0.15, -0.1) is 0 Å². The molecule has 0 aliphatic heterocycles. The van der Waals surface area contributed by atoms with E-state index in [1.165, 1.54) is 24.9 Å². The average Bonchev–Trinajstić information content (AvgIpc) is 3.24. The number of H-pyrrole nitrogens is 1. The Morgan fingerprint density at radius 3 is 2.47 bits per heavy atom. The zero-order valence-electron chi connectivity index (χ0n) is 18.1. The fourth-order valence-electron chi connectivity index (χ4n) is 2.91. The molecule has 172 valence electrons. The van der Waals surface area contributed by atoms with E-state index in [0.29, 0.717) is 33.1 Å². The molecule has 0 bridgehead atoms. The third kappa shape index (κ3) is 5.72. The van der Waals surface area contributed by atoms with Crippen molar-refractivity contribution >= 4 is 52.6 Å². The molecule has 4 rings (SSSR count). The van der Waals surface area contributed by atoms with Crippen molar-refractivity contribution in [3.8, 4) is 0 Å². The van der Waals surface area contributed by atoms with Crippen molar-refractivity contribution in [2.75, 3.05) is 17.7 Å². The number of methoxy groups -OCH3 is 1. The number of nitrogens with one attached hydrogen (secondary N) is 3. The lowest BCUT2D eigenvalue weighted by Gasteiger charge is -2.09. The maximum Gasteiger partial charge on any atom is 0.356 e. The van der Waals surface area contributed by atoms with E-state index < -0.39 is 5.97 Å². The van der Waals surface area contributed by atoms with Crippen LogP contribution in [0, 0.1) is 6.92 Å². The number of amides is 1. The summed E-state index contributed by atoms with van der Waals surface area (Å²) in [6.45, 7) is 1.87. The SMILES string of the molecule is COC(=O)c1cc(Nc2cc(C)[nH]n2)nc(Sc2ccc(NC(=O)c3ccccc3Cl)cc2)n1. The van der Waals surface area contributed by atoms with Gasteiger partial charge in [0.05, 0.1) is 17.7 Å². The summed E-state index contributed by atoms with van der Waals surface area (Å²) in [5, 5.41) is 13.5. The first kappa shape index (κ1) is 23.3. The van der Waals surface area contributed by atoms with E-state index in [2.05, 4.69) is 30.8 Å². The van der Waals surface area contributed by atoms with Crippen LogP contribution >= 0.6 is 23.4 Å². The number of benzene rings is 2. The predicted molar refractivity (Wildman–Crippen MR) is 130 cm³/mol. The summed E-state index contributed by atoms with van der Waals surface area (Å²) in [6.07, 6.45) is 0. The highest BCUT2D eigenvalue weighted by Gasteiger charge is 2.15. The van der Waals surface area contributed by atoms with Crippen molar-refractivity contribution in [3.05, 3.63) is 82.6 Å². The second kappa shape index (κ2) is 10.4. The molecule has 2 aromatic carbocycles. The standard InChI is InChI=1S/C23H19ClN6O3S/c1-13-11-20(30-29-13)27-19-12-18(22(32)33-2)26-23(28-19)34-15-9-7-14(8-10-15)25-21(31)16-5-3-4-6-17(16)24/h3-12H,1-2H3,(H,25,31)(H2,26,27,28,29,30). The molecular weight excluding hydrogens is 476 g/mol. The summed E-state index contributed by atoms with van der Waals surface area (Å²) in [6, 6.07) is 17.3. The second-order valence-corrected chi connectivity index (χ2v) is 8.48. The van der Waals surface area contributed by atoms with E-state index in [4.69, 9.17) is 16.3 Å². The van der Waals surface area contributed by atoms with E-state index in [9.17, 15) is 9.59 Å². The molecule has 9 nitrogen and oxygen atoms in total. The summed E-state index contributed by atoms with van der Waals surface area (Å²) in [5.74, 6) is 0.0715. The zero-order valence-corrected chi connectivity index (χ0v) is 19.7. The van der Waals surface area contributed by atoms with Crippen LogP contribution in [-0.4, -0.2) is 39.2 Å². The van der Waals surface area contributed by atoms with E-state index in [0.717, 1.165) is 10.6 Å². The lowest BCUT2D eigenvalue weighted by molar-refractivity contribution is 0.0592. The molecule has 4 aromatic rings. The Labute approximate surface area is 204 Å². The Morgan fingerprint density at radius 2 is 1.79 bits per heavy atom. The van der Waals surface area contributed by atoms with Crippen LogP contribution in [0.25, 0.3) is 0 Å². The Bertz CT molecular complexity index is 1340. The molecule has 3 N–H and O–H groups in total. The van der Waals surface area contributed by atoms with Gasteiger partial charge in [0.2, 0.25) is 0 Å². The first-order valence-corrected chi connectivity index (χ1v) is 11.2. The molecule has 0 aliphatic carbocycles. The third-order valence-electron chi connectivity index (χ3n) is 4.50. The number of aryl methyl sites for hydroxylation is 1. The Balaban J connectivity index is 1.51. The van der Waals surface area contributed by atoms with Crippen molar-refractivity contribution < 1.29 is 14.3 Å². The summed E-state index contributed by atoms with van der Waals surface area (Å²) < 4.78 is 4.81. The zero-order chi connectivity index (χ0) is 24.1. The summed E-state index contributed by atoms with van der Waals surface area (Å²) in [7, 11) is 1.29. The number of nitrogens with zero attached hydrogens (tertiary/aromatic N) is 3. The molecule has 0 radical (unpaired) electrons. The summed E-state index contributed by atoms with van der Waals surface area (Å²) in [5.41, 5.74) is 1.98. The highest BCUT2D eigenvalue weighted by atomic mass is 35.5. The minimum absolute atomic E-state index is 0.110. The van der Waals surface area contributed by atoms with Gasteiger partial charge in [0.1, 0.15) is 5.82 Å². The number of ether oxygens (including phenoxy) is 1. The van der Waals surface area contributed by atoms with Gasteiger partial charge in [-0.3, -0.25) is 9.89 Å². The molecule has 11 heteroatoms. The van der Waals surface area contributed by atoms with Gasteiger partial charge in [0.25, 0.3) is 5.91 Å². The fourth-order valence-corrected chi connectivity index (χ4v) is 3.91. The van der Waals surface area contributed by atoms with Crippen LogP contribution in [0.4, 0.5) is 17.3 Å². The van der Waals surface area contributed by atoms with Crippen LogP contribution in [0.15, 0.2) is 70.7 Å². The van der Waals surface area contributed by atoms with Gasteiger partial charge in [0.15, 0.2) is 16.7 Å². The van der Waals surface area contributed by atoms with E-state index in [-0.39, 0.29) is 11.6 Å². The maximum absolute atomic E-state index is 12.5. The van der Waals surface area contributed by atoms with Crippen LogP contribution in [0.3, 0.4) is 0 Å². The largest absolute Gasteiger partial charge is 0.464 e. The molecule has 2 aromatic heterocycles. The lowest BCUT2D eigenvalue weighted by atomic mass is 10.2. The lowest BCUT2D eigenvalue weighted by Crippen LogP contribution is -2.12. The van der Waals surface area contributed by atoms with Crippen molar-refractivity contribution in [3.63, 3.8) is 0 Å². The summed E-state index contributed by atoms with van der Waals surface area (Å²) >= 11 is 7.34. The van der Waals surface area contributed by atoms with Gasteiger partial charge >= 0.3 is 5.97 Å². The first-order chi connectivity index (χ1) is 16.4. The molecule has 34 heavy (non-hydrogen) atoms. The summed E-state index contributed by atoms with van der Waals surface area (Å²) in [4.78, 5) is 34.1.